The van der Waals surface area contributed by atoms with Crippen molar-refractivity contribution < 1.29 is 9.53 Å². The summed E-state index contributed by atoms with van der Waals surface area (Å²) in [5.41, 5.74) is 0.562. The molecule has 1 heterocycles. The number of fused-ring (bicyclic) bond motifs is 1. The van der Waals surface area contributed by atoms with Crippen molar-refractivity contribution in [2.45, 2.75) is 37.7 Å². The van der Waals surface area contributed by atoms with Crippen LogP contribution in [0.15, 0.2) is 34.2 Å². The highest BCUT2D eigenvalue weighted by Gasteiger charge is 2.19. The Labute approximate surface area is 127 Å². The first-order valence-electron chi connectivity index (χ1n) is 6.91. The standard InChI is InChI=1S/C15H18N2O3S/c1-4-17-13(18)11-8-6-7-9-12(11)16-15(17)21-10(3)14(19)20-5-2/h6-10H,4-5H2,1-3H3/t10-/m1/s1. The number of esters is 1. The van der Waals surface area contributed by atoms with Crippen LogP contribution in [0.3, 0.4) is 0 Å². The molecule has 21 heavy (non-hydrogen) atoms. The highest BCUT2D eigenvalue weighted by Crippen LogP contribution is 2.23. The van der Waals surface area contributed by atoms with Gasteiger partial charge in [-0.25, -0.2) is 4.98 Å². The van der Waals surface area contributed by atoms with Gasteiger partial charge in [-0.05, 0) is 32.9 Å². The maximum absolute atomic E-state index is 12.5. The van der Waals surface area contributed by atoms with Crippen LogP contribution in [-0.4, -0.2) is 27.4 Å². The Morgan fingerprint density at radius 1 is 1.38 bits per heavy atom. The largest absolute Gasteiger partial charge is 0.465 e. The zero-order valence-corrected chi connectivity index (χ0v) is 13.1. The molecule has 0 aliphatic heterocycles. The molecular formula is C15H18N2O3S. The van der Waals surface area contributed by atoms with E-state index in [9.17, 15) is 9.59 Å². The van der Waals surface area contributed by atoms with Gasteiger partial charge in [-0.2, -0.15) is 0 Å². The van der Waals surface area contributed by atoms with Crippen LogP contribution in [0.2, 0.25) is 0 Å². The van der Waals surface area contributed by atoms with E-state index in [4.69, 9.17) is 4.74 Å². The van der Waals surface area contributed by atoms with Crippen molar-refractivity contribution in [1.29, 1.82) is 0 Å². The molecule has 0 radical (unpaired) electrons. The van der Waals surface area contributed by atoms with E-state index in [-0.39, 0.29) is 11.5 Å². The van der Waals surface area contributed by atoms with Crippen LogP contribution in [0.5, 0.6) is 0 Å². The minimum absolute atomic E-state index is 0.0818. The van der Waals surface area contributed by atoms with Gasteiger partial charge in [0.2, 0.25) is 0 Å². The molecule has 0 saturated carbocycles. The van der Waals surface area contributed by atoms with Crippen molar-refractivity contribution in [3.05, 3.63) is 34.6 Å². The summed E-state index contributed by atoms with van der Waals surface area (Å²) in [4.78, 5) is 28.7. The van der Waals surface area contributed by atoms with Gasteiger partial charge in [-0.1, -0.05) is 23.9 Å². The van der Waals surface area contributed by atoms with Gasteiger partial charge in [0.15, 0.2) is 5.16 Å². The minimum Gasteiger partial charge on any atom is -0.465 e. The first-order valence-corrected chi connectivity index (χ1v) is 7.79. The highest BCUT2D eigenvalue weighted by molar-refractivity contribution is 8.00. The summed E-state index contributed by atoms with van der Waals surface area (Å²) < 4.78 is 6.58. The van der Waals surface area contributed by atoms with Crippen LogP contribution in [-0.2, 0) is 16.1 Å². The lowest BCUT2D eigenvalue weighted by Gasteiger charge is -2.14. The molecule has 0 aliphatic carbocycles. The SMILES string of the molecule is CCOC(=O)[C@@H](C)Sc1nc2ccccc2c(=O)n1CC. The number of carbonyl (C=O) groups is 1. The normalized spacial score (nSPS) is 12.3. The van der Waals surface area contributed by atoms with Crippen molar-refractivity contribution in [3.63, 3.8) is 0 Å². The van der Waals surface area contributed by atoms with E-state index in [2.05, 4.69) is 4.98 Å². The van der Waals surface area contributed by atoms with E-state index in [1.807, 2.05) is 19.1 Å². The quantitative estimate of drug-likeness (QED) is 0.482. The van der Waals surface area contributed by atoms with Gasteiger partial charge in [-0.3, -0.25) is 14.2 Å². The number of benzene rings is 1. The van der Waals surface area contributed by atoms with Crippen molar-refractivity contribution in [2.24, 2.45) is 0 Å². The van der Waals surface area contributed by atoms with Crippen LogP contribution in [0, 0.1) is 0 Å². The molecule has 0 fully saturated rings. The maximum Gasteiger partial charge on any atom is 0.319 e. The van der Waals surface area contributed by atoms with Gasteiger partial charge in [-0.15, -0.1) is 0 Å². The van der Waals surface area contributed by atoms with E-state index in [0.717, 1.165) is 0 Å². The highest BCUT2D eigenvalue weighted by atomic mass is 32.2. The molecule has 5 nitrogen and oxygen atoms in total. The smallest absolute Gasteiger partial charge is 0.319 e. The number of ether oxygens (including phenoxy) is 1. The van der Waals surface area contributed by atoms with E-state index in [0.29, 0.717) is 29.2 Å². The van der Waals surface area contributed by atoms with Crippen LogP contribution in [0.1, 0.15) is 20.8 Å². The first kappa shape index (κ1) is 15.6. The Hall–Kier alpha value is -1.82. The molecule has 1 aromatic carbocycles. The van der Waals surface area contributed by atoms with Crippen LogP contribution >= 0.6 is 11.8 Å². The molecule has 0 amide bonds. The number of rotatable bonds is 5. The molecule has 1 aromatic heterocycles. The Balaban J connectivity index is 2.43. The average Bonchev–Trinajstić information content (AvgIpc) is 2.48. The van der Waals surface area contributed by atoms with E-state index < -0.39 is 5.25 Å². The lowest BCUT2D eigenvalue weighted by molar-refractivity contribution is -0.142. The second kappa shape index (κ2) is 6.76. The summed E-state index contributed by atoms with van der Waals surface area (Å²) in [6.07, 6.45) is 0. The summed E-state index contributed by atoms with van der Waals surface area (Å²) in [5, 5.41) is 0.727. The van der Waals surface area contributed by atoms with Crippen LogP contribution in [0.25, 0.3) is 10.9 Å². The third kappa shape index (κ3) is 3.26. The summed E-state index contributed by atoms with van der Waals surface area (Å²) in [5.74, 6) is -0.299. The molecule has 0 bridgehead atoms. The monoisotopic (exact) mass is 306 g/mol. The van der Waals surface area contributed by atoms with Gasteiger partial charge < -0.3 is 4.74 Å². The molecule has 0 saturated heterocycles. The summed E-state index contributed by atoms with van der Waals surface area (Å²) >= 11 is 1.25. The molecule has 0 unspecified atom stereocenters. The van der Waals surface area contributed by atoms with Crippen molar-refractivity contribution in [3.8, 4) is 0 Å². The van der Waals surface area contributed by atoms with Crippen molar-refractivity contribution >= 4 is 28.6 Å². The van der Waals surface area contributed by atoms with Crippen molar-refractivity contribution in [2.75, 3.05) is 6.61 Å². The second-order valence-electron chi connectivity index (χ2n) is 4.47. The Bertz CT molecular complexity index is 712. The lowest BCUT2D eigenvalue weighted by atomic mass is 10.2. The number of para-hydroxylation sites is 1. The molecule has 0 N–H and O–H groups in total. The van der Waals surface area contributed by atoms with E-state index in [1.54, 1.807) is 30.5 Å². The van der Waals surface area contributed by atoms with E-state index in [1.165, 1.54) is 11.8 Å². The fourth-order valence-electron chi connectivity index (χ4n) is 1.98. The third-order valence-electron chi connectivity index (χ3n) is 3.04. The summed E-state index contributed by atoms with van der Waals surface area (Å²) in [6.45, 7) is 6.26. The Morgan fingerprint density at radius 2 is 2.10 bits per heavy atom. The lowest BCUT2D eigenvalue weighted by Crippen LogP contribution is -2.24. The fraction of sp³-hybridized carbons (Fsp3) is 0.400. The Kier molecular flexibility index (Phi) is 5.01. The number of hydrogen-bond donors (Lipinski definition) is 0. The van der Waals surface area contributed by atoms with Gasteiger partial charge in [0, 0.05) is 6.54 Å². The molecular weight excluding hydrogens is 288 g/mol. The van der Waals surface area contributed by atoms with Crippen LogP contribution in [0.4, 0.5) is 0 Å². The molecule has 0 aliphatic rings. The topological polar surface area (TPSA) is 61.2 Å². The maximum atomic E-state index is 12.5. The number of hydrogen-bond acceptors (Lipinski definition) is 5. The predicted molar refractivity (Wildman–Crippen MR) is 83.6 cm³/mol. The van der Waals surface area contributed by atoms with Crippen molar-refractivity contribution in [1.82, 2.24) is 9.55 Å². The summed E-state index contributed by atoms with van der Waals surface area (Å²) in [6, 6.07) is 7.23. The molecule has 6 heteroatoms. The number of thioether (sulfide) groups is 1. The van der Waals surface area contributed by atoms with Gasteiger partial charge in [0.1, 0.15) is 5.25 Å². The van der Waals surface area contributed by atoms with E-state index >= 15 is 0 Å². The van der Waals surface area contributed by atoms with Gasteiger partial charge in [0.05, 0.1) is 17.5 Å². The fourth-order valence-corrected chi connectivity index (χ4v) is 2.95. The first-order chi connectivity index (χ1) is 10.1. The zero-order chi connectivity index (χ0) is 15.4. The van der Waals surface area contributed by atoms with Gasteiger partial charge >= 0.3 is 5.97 Å². The molecule has 2 aromatic rings. The zero-order valence-electron chi connectivity index (χ0n) is 12.3. The molecule has 2 rings (SSSR count). The Morgan fingerprint density at radius 3 is 2.76 bits per heavy atom. The number of carbonyl (C=O) groups excluding carboxylic acids is 1. The third-order valence-corrected chi connectivity index (χ3v) is 4.11. The average molecular weight is 306 g/mol. The minimum atomic E-state index is -0.407. The predicted octanol–water partition coefficient (Wildman–Crippen LogP) is 2.46. The molecule has 112 valence electrons. The molecule has 0 spiro atoms. The van der Waals surface area contributed by atoms with Crippen LogP contribution < -0.4 is 5.56 Å². The second-order valence-corrected chi connectivity index (χ2v) is 5.78. The summed E-state index contributed by atoms with van der Waals surface area (Å²) in [7, 11) is 0. The number of nitrogens with zero attached hydrogens (tertiary/aromatic N) is 2. The number of aromatic nitrogens is 2. The molecule has 1 atom stereocenters. The van der Waals surface area contributed by atoms with Gasteiger partial charge in [0.25, 0.3) is 5.56 Å².